The molecule has 1 atom stereocenters. The van der Waals surface area contributed by atoms with Crippen LogP contribution in [0.4, 0.5) is 4.79 Å². The van der Waals surface area contributed by atoms with Gasteiger partial charge in [-0.05, 0) is 42.8 Å². The second-order valence-corrected chi connectivity index (χ2v) is 6.91. The van der Waals surface area contributed by atoms with Crippen LogP contribution in [0.2, 0.25) is 0 Å². The number of benzene rings is 1. The van der Waals surface area contributed by atoms with Crippen LogP contribution in [-0.2, 0) is 11.3 Å². The summed E-state index contributed by atoms with van der Waals surface area (Å²) in [4.78, 5) is 11.0. The molecule has 1 unspecified atom stereocenters. The van der Waals surface area contributed by atoms with Crippen molar-refractivity contribution in [3.05, 3.63) is 28.2 Å². The van der Waals surface area contributed by atoms with Gasteiger partial charge in [0.05, 0.1) is 11.0 Å². The minimum Gasteiger partial charge on any atom is -0.488 e. The molecule has 2 rings (SSSR count). The Morgan fingerprint density at radius 1 is 1.48 bits per heavy atom. The number of cyclic esters (lactones) is 1. The fraction of sp³-hybridized carbons (Fsp3) is 0.533. The molecule has 116 valence electrons. The van der Waals surface area contributed by atoms with Crippen LogP contribution < -0.4 is 15.4 Å². The van der Waals surface area contributed by atoms with Gasteiger partial charge in [-0.3, -0.25) is 0 Å². The highest BCUT2D eigenvalue weighted by Crippen LogP contribution is 2.29. The molecule has 1 aliphatic rings. The number of carbonyl (C=O) groups is 1. The summed E-state index contributed by atoms with van der Waals surface area (Å²) in [5.41, 5.74) is 1.10. The largest absolute Gasteiger partial charge is 0.488 e. The first-order valence-electron chi connectivity index (χ1n) is 6.95. The number of para-hydroxylation sites is 1. The van der Waals surface area contributed by atoms with Crippen molar-refractivity contribution in [3.8, 4) is 5.75 Å². The van der Waals surface area contributed by atoms with Crippen molar-refractivity contribution in [2.75, 3.05) is 13.2 Å². The third-order valence-corrected chi connectivity index (χ3v) is 3.64. The molecule has 0 spiro atoms. The van der Waals surface area contributed by atoms with E-state index in [1.807, 2.05) is 18.2 Å². The van der Waals surface area contributed by atoms with Crippen LogP contribution in [0, 0.1) is 0 Å². The SMILES string of the molecule is CC(C)(C)NCc1cccc(Br)c1OCC1CNC(=O)O1. The van der Waals surface area contributed by atoms with Gasteiger partial charge in [-0.25, -0.2) is 4.79 Å². The van der Waals surface area contributed by atoms with E-state index in [0.717, 1.165) is 15.8 Å². The summed E-state index contributed by atoms with van der Waals surface area (Å²) in [5.74, 6) is 0.789. The maximum Gasteiger partial charge on any atom is 0.407 e. The van der Waals surface area contributed by atoms with Gasteiger partial charge < -0.3 is 20.1 Å². The standard InChI is InChI=1S/C15H21BrN2O3/c1-15(2,3)18-7-10-5-4-6-12(16)13(10)20-9-11-8-17-14(19)21-11/h4-6,11,18H,7-9H2,1-3H3,(H,17,19). The summed E-state index contributed by atoms with van der Waals surface area (Å²) in [6.45, 7) is 7.89. The van der Waals surface area contributed by atoms with Gasteiger partial charge in [0.15, 0.2) is 6.10 Å². The van der Waals surface area contributed by atoms with Crippen LogP contribution in [0.5, 0.6) is 5.75 Å². The maximum atomic E-state index is 11.0. The number of hydrogen-bond donors (Lipinski definition) is 2. The molecule has 6 heteroatoms. The first-order valence-corrected chi connectivity index (χ1v) is 7.74. The Balaban J connectivity index is 2.01. The normalized spacial score (nSPS) is 18.3. The van der Waals surface area contributed by atoms with Crippen LogP contribution in [0.3, 0.4) is 0 Å². The molecule has 0 aromatic heterocycles. The molecule has 0 bridgehead atoms. The summed E-state index contributed by atoms with van der Waals surface area (Å²) < 4.78 is 11.8. The van der Waals surface area contributed by atoms with Gasteiger partial charge in [0.2, 0.25) is 0 Å². The zero-order chi connectivity index (χ0) is 15.5. The summed E-state index contributed by atoms with van der Waals surface area (Å²) >= 11 is 3.51. The Bertz CT molecular complexity index is 514. The summed E-state index contributed by atoms with van der Waals surface area (Å²) in [6, 6.07) is 5.94. The van der Waals surface area contributed by atoms with Crippen molar-refractivity contribution in [1.29, 1.82) is 0 Å². The van der Waals surface area contributed by atoms with Crippen LogP contribution in [0.25, 0.3) is 0 Å². The average Bonchev–Trinajstić information content (AvgIpc) is 2.80. The van der Waals surface area contributed by atoms with Gasteiger partial charge in [0.1, 0.15) is 12.4 Å². The third-order valence-electron chi connectivity index (χ3n) is 3.02. The van der Waals surface area contributed by atoms with E-state index < -0.39 is 0 Å². The number of amides is 1. The van der Waals surface area contributed by atoms with Gasteiger partial charge >= 0.3 is 6.09 Å². The monoisotopic (exact) mass is 356 g/mol. The number of halogens is 1. The van der Waals surface area contributed by atoms with Crippen LogP contribution >= 0.6 is 15.9 Å². The lowest BCUT2D eigenvalue weighted by Crippen LogP contribution is -2.35. The highest BCUT2D eigenvalue weighted by Gasteiger charge is 2.23. The molecule has 1 heterocycles. The lowest BCUT2D eigenvalue weighted by atomic mass is 10.1. The Hall–Kier alpha value is -1.27. The summed E-state index contributed by atoms with van der Waals surface area (Å²) in [6.07, 6.45) is -0.626. The summed E-state index contributed by atoms with van der Waals surface area (Å²) in [7, 11) is 0. The summed E-state index contributed by atoms with van der Waals surface area (Å²) in [5, 5.41) is 6.06. The van der Waals surface area contributed by atoms with E-state index in [0.29, 0.717) is 19.7 Å². The van der Waals surface area contributed by atoms with E-state index in [1.165, 1.54) is 0 Å². The van der Waals surface area contributed by atoms with E-state index in [9.17, 15) is 4.79 Å². The molecule has 1 saturated heterocycles. The highest BCUT2D eigenvalue weighted by molar-refractivity contribution is 9.10. The topological polar surface area (TPSA) is 59.6 Å². The smallest absolute Gasteiger partial charge is 0.407 e. The quantitative estimate of drug-likeness (QED) is 0.851. The zero-order valence-electron chi connectivity index (χ0n) is 12.5. The zero-order valence-corrected chi connectivity index (χ0v) is 14.1. The Labute approximate surface area is 133 Å². The predicted molar refractivity (Wildman–Crippen MR) is 84.5 cm³/mol. The number of nitrogens with one attached hydrogen (secondary N) is 2. The molecule has 2 N–H and O–H groups in total. The van der Waals surface area contributed by atoms with Crippen molar-refractivity contribution in [1.82, 2.24) is 10.6 Å². The maximum absolute atomic E-state index is 11.0. The first-order chi connectivity index (χ1) is 9.85. The van der Waals surface area contributed by atoms with Crippen LogP contribution in [0.1, 0.15) is 26.3 Å². The molecule has 21 heavy (non-hydrogen) atoms. The molecule has 0 radical (unpaired) electrons. The van der Waals surface area contributed by atoms with Crippen LogP contribution in [-0.4, -0.2) is 30.9 Å². The Morgan fingerprint density at radius 2 is 2.24 bits per heavy atom. The molecule has 1 fully saturated rings. The van der Waals surface area contributed by atoms with E-state index >= 15 is 0 Å². The molecule has 1 aliphatic heterocycles. The molecular weight excluding hydrogens is 336 g/mol. The van der Waals surface area contributed by atoms with E-state index in [1.54, 1.807) is 0 Å². The number of ether oxygens (including phenoxy) is 2. The average molecular weight is 357 g/mol. The minimum atomic E-state index is -0.384. The number of hydrogen-bond acceptors (Lipinski definition) is 4. The van der Waals surface area contributed by atoms with E-state index in [2.05, 4.69) is 47.3 Å². The second-order valence-electron chi connectivity index (χ2n) is 6.05. The fourth-order valence-electron chi connectivity index (χ4n) is 1.92. The first kappa shape index (κ1) is 16.1. The Kier molecular flexibility index (Phi) is 5.11. The van der Waals surface area contributed by atoms with Crippen molar-refractivity contribution in [2.24, 2.45) is 0 Å². The van der Waals surface area contributed by atoms with Gasteiger partial charge in [-0.1, -0.05) is 12.1 Å². The molecule has 0 aliphatic carbocycles. The van der Waals surface area contributed by atoms with Gasteiger partial charge in [-0.15, -0.1) is 0 Å². The number of alkyl carbamates (subject to hydrolysis) is 1. The van der Waals surface area contributed by atoms with Gasteiger partial charge in [0, 0.05) is 17.6 Å². The number of rotatable bonds is 5. The second kappa shape index (κ2) is 6.66. The lowest BCUT2D eigenvalue weighted by molar-refractivity contribution is 0.104. The number of carbonyl (C=O) groups excluding carboxylic acids is 1. The van der Waals surface area contributed by atoms with Gasteiger partial charge in [0.25, 0.3) is 0 Å². The van der Waals surface area contributed by atoms with Crippen molar-refractivity contribution < 1.29 is 14.3 Å². The highest BCUT2D eigenvalue weighted by atomic mass is 79.9. The molecule has 1 amide bonds. The molecule has 1 aromatic rings. The minimum absolute atomic E-state index is 0.0322. The molecule has 0 saturated carbocycles. The Morgan fingerprint density at radius 3 is 2.86 bits per heavy atom. The third kappa shape index (κ3) is 4.89. The predicted octanol–water partition coefficient (Wildman–Crippen LogP) is 2.82. The van der Waals surface area contributed by atoms with Crippen molar-refractivity contribution in [2.45, 2.75) is 39.0 Å². The van der Waals surface area contributed by atoms with Crippen LogP contribution in [0.15, 0.2) is 22.7 Å². The van der Waals surface area contributed by atoms with E-state index in [4.69, 9.17) is 9.47 Å². The molecule has 1 aromatic carbocycles. The van der Waals surface area contributed by atoms with Gasteiger partial charge in [-0.2, -0.15) is 0 Å². The van der Waals surface area contributed by atoms with E-state index in [-0.39, 0.29) is 17.7 Å². The lowest BCUT2D eigenvalue weighted by Gasteiger charge is -2.22. The molecule has 5 nitrogen and oxygen atoms in total. The van der Waals surface area contributed by atoms with Crippen molar-refractivity contribution >= 4 is 22.0 Å². The fourth-order valence-corrected chi connectivity index (χ4v) is 2.44. The van der Waals surface area contributed by atoms with Crippen molar-refractivity contribution in [3.63, 3.8) is 0 Å². The molecular formula is C15H21BrN2O3.